The van der Waals surface area contributed by atoms with Gasteiger partial charge in [-0.2, -0.15) is 0 Å². The van der Waals surface area contributed by atoms with Crippen molar-refractivity contribution in [2.24, 2.45) is 0 Å². The Morgan fingerprint density at radius 2 is 1.73 bits per heavy atom. The zero-order valence-corrected chi connectivity index (χ0v) is 17.7. The molecular formula is C25H22N4O4. The van der Waals surface area contributed by atoms with Crippen LogP contribution in [0.4, 0.5) is 4.79 Å². The van der Waals surface area contributed by atoms with E-state index >= 15 is 0 Å². The van der Waals surface area contributed by atoms with Gasteiger partial charge in [-0.15, -0.1) is 5.10 Å². The SMILES string of the molecule is O=C(O[C@@H]1CN(C(=O)O)CC[C@H]1c1cn(-c2ccccc2)nn1)c1ccc2ccccc2c1. The molecule has 1 aliphatic heterocycles. The Morgan fingerprint density at radius 3 is 2.52 bits per heavy atom. The highest BCUT2D eigenvalue weighted by Crippen LogP contribution is 2.30. The summed E-state index contributed by atoms with van der Waals surface area (Å²) < 4.78 is 7.54. The van der Waals surface area contributed by atoms with E-state index in [2.05, 4.69) is 10.3 Å². The summed E-state index contributed by atoms with van der Waals surface area (Å²) in [4.78, 5) is 25.9. The molecule has 3 aromatic carbocycles. The highest BCUT2D eigenvalue weighted by atomic mass is 16.5. The highest BCUT2D eigenvalue weighted by Gasteiger charge is 2.37. The number of nitrogens with zero attached hydrogens (tertiary/aromatic N) is 4. The van der Waals surface area contributed by atoms with E-state index in [-0.39, 0.29) is 12.5 Å². The number of esters is 1. The third-order valence-electron chi connectivity index (χ3n) is 5.98. The minimum atomic E-state index is -1.03. The zero-order valence-electron chi connectivity index (χ0n) is 17.7. The normalized spacial score (nSPS) is 18.2. The number of piperidine rings is 1. The van der Waals surface area contributed by atoms with Crippen molar-refractivity contribution in [1.29, 1.82) is 0 Å². The maximum atomic E-state index is 13.0. The first-order valence-corrected chi connectivity index (χ1v) is 10.7. The molecule has 2 atom stereocenters. The number of ether oxygens (including phenoxy) is 1. The number of carbonyl (C=O) groups is 2. The molecule has 8 heteroatoms. The number of rotatable bonds is 4. The number of hydrogen-bond donors (Lipinski definition) is 1. The van der Waals surface area contributed by atoms with Crippen molar-refractivity contribution >= 4 is 22.8 Å². The third kappa shape index (κ3) is 4.27. The van der Waals surface area contributed by atoms with Crippen LogP contribution in [0.2, 0.25) is 0 Å². The van der Waals surface area contributed by atoms with E-state index in [1.54, 1.807) is 16.8 Å². The highest BCUT2D eigenvalue weighted by molar-refractivity contribution is 5.95. The number of carbonyl (C=O) groups excluding carboxylic acids is 1. The summed E-state index contributed by atoms with van der Waals surface area (Å²) in [6.45, 7) is 0.416. The summed E-state index contributed by atoms with van der Waals surface area (Å²) in [6.07, 6.45) is 0.589. The van der Waals surface area contributed by atoms with E-state index in [1.807, 2.05) is 66.9 Å². The second kappa shape index (κ2) is 8.74. The van der Waals surface area contributed by atoms with Crippen molar-refractivity contribution in [2.45, 2.75) is 18.4 Å². The fourth-order valence-electron chi connectivity index (χ4n) is 4.22. The standard InChI is InChI=1S/C25H22N4O4/c30-24(19-11-10-17-6-4-5-7-18(17)14-19)33-23-16-28(25(31)32)13-12-21(23)22-15-29(27-26-22)20-8-2-1-3-9-20/h1-11,14-15,21,23H,12-13,16H2,(H,31,32)/t21-,23+/m0/s1. The smallest absolute Gasteiger partial charge is 0.407 e. The number of aromatic nitrogens is 3. The lowest BCUT2D eigenvalue weighted by molar-refractivity contribution is -0.000589. The van der Waals surface area contributed by atoms with Gasteiger partial charge < -0.3 is 14.7 Å². The van der Waals surface area contributed by atoms with E-state index in [4.69, 9.17) is 4.74 Å². The number of fused-ring (bicyclic) bond motifs is 1. The Hall–Kier alpha value is -4.20. The molecule has 0 spiro atoms. The third-order valence-corrected chi connectivity index (χ3v) is 5.98. The van der Waals surface area contributed by atoms with Gasteiger partial charge in [0.2, 0.25) is 0 Å². The van der Waals surface area contributed by atoms with Crippen molar-refractivity contribution in [1.82, 2.24) is 19.9 Å². The van der Waals surface area contributed by atoms with Crippen LogP contribution in [-0.4, -0.2) is 56.3 Å². The van der Waals surface area contributed by atoms with E-state index in [9.17, 15) is 14.7 Å². The molecule has 1 aliphatic rings. The minimum absolute atomic E-state index is 0.0809. The second-order valence-corrected chi connectivity index (χ2v) is 8.05. The van der Waals surface area contributed by atoms with Crippen molar-refractivity contribution in [3.8, 4) is 5.69 Å². The van der Waals surface area contributed by atoms with Gasteiger partial charge in [0.1, 0.15) is 6.10 Å². The Kier molecular flexibility index (Phi) is 5.48. The van der Waals surface area contributed by atoms with Crippen LogP contribution in [0.1, 0.15) is 28.4 Å². The molecule has 5 rings (SSSR count). The predicted molar refractivity (Wildman–Crippen MR) is 121 cm³/mol. The van der Waals surface area contributed by atoms with Gasteiger partial charge in [0.15, 0.2) is 0 Å². The molecule has 0 aliphatic carbocycles. The van der Waals surface area contributed by atoms with Crippen molar-refractivity contribution in [3.63, 3.8) is 0 Å². The Bertz CT molecular complexity index is 1300. The molecule has 0 saturated carbocycles. The number of likely N-dealkylation sites (tertiary alicyclic amines) is 1. The van der Waals surface area contributed by atoms with Gasteiger partial charge in [-0.1, -0.05) is 53.7 Å². The topological polar surface area (TPSA) is 97.6 Å². The first-order valence-electron chi connectivity index (χ1n) is 10.7. The summed E-state index contributed by atoms with van der Waals surface area (Å²) in [5.41, 5.74) is 1.96. The van der Waals surface area contributed by atoms with Crippen LogP contribution in [0.15, 0.2) is 79.0 Å². The van der Waals surface area contributed by atoms with Crippen molar-refractivity contribution in [2.75, 3.05) is 13.1 Å². The molecule has 1 fully saturated rings. The average molecular weight is 442 g/mol. The molecule has 0 unspecified atom stereocenters. The minimum Gasteiger partial charge on any atom is -0.465 e. The van der Waals surface area contributed by atoms with Crippen LogP contribution in [0, 0.1) is 0 Å². The number of hydrogen-bond acceptors (Lipinski definition) is 5. The van der Waals surface area contributed by atoms with Crippen LogP contribution in [0.3, 0.4) is 0 Å². The van der Waals surface area contributed by atoms with Gasteiger partial charge in [-0.05, 0) is 41.5 Å². The van der Waals surface area contributed by atoms with Gasteiger partial charge in [0.05, 0.1) is 29.7 Å². The number of amides is 1. The zero-order chi connectivity index (χ0) is 22.8. The number of para-hydroxylation sites is 1. The fourth-order valence-corrected chi connectivity index (χ4v) is 4.22. The lowest BCUT2D eigenvalue weighted by atomic mass is 9.91. The lowest BCUT2D eigenvalue weighted by Gasteiger charge is -2.35. The Labute approximate surface area is 190 Å². The number of carboxylic acid groups (broad SMARTS) is 1. The Morgan fingerprint density at radius 1 is 0.970 bits per heavy atom. The summed E-state index contributed by atoms with van der Waals surface area (Å²) in [7, 11) is 0. The van der Waals surface area contributed by atoms with Gasteiger partial charge in [0.25, 0.3) is 0 Å². The molecule has 1 amide bonds. The number of benzene rings is 3. The quantitative estimate of drug-likeness (QED) is 0.478. The van der Waals surface area contributed by atoms with Crippen molar-refractivity contribution in [3.05, 3.63) is 90.3 Å². The molecule has 8 nitrogen and oxygen atoms in total. The van der Waals surface area contributed by atoms with Crippen LogP contribution in [0.5, 0.6) is 0 Å². The lowest BCUT2D eigenvalue weighted by Crippen LogP contribution is -2.47. The van der Waals surface area contributed by atoms with Crippen LogP contribution in [0.25, 0.3) is 16.5 Å². The maximum Gasteiger partial charge on any atom is 0.407 e. The summed E-state index contributed by atoms with van der Waals surface area (Å²) in [6, 6.07) is 22.7. The van der Waals surface area contributed by atoms with Gasteiger partial charge in [-0.3, -0.25) is 0 Å². The fraction of sp³-hybridized carbons (Fsp3) is 0.200. The monoisotopic (exact) mass is 442 g/mol. The maximum absolute atomic E-state index is 13.0. The van der Waals surface area contributed by atoms with Gasteiger partial charge in [-0.25, -0.2) is 14.3 Å². The summed E-state index contributed by atoms with van der Waals surface area (Å²) in [5, 5.41) is 20.0. The Balaban J connectivity index is 1.40. The van der Waals surface area contributed by atoms with Crippen LogP contribution in [-0.2, 0) is 4.74 Å². The first-order chi connectivity index (χ1) is 16.1. The van der Waals surface area contributed by atoms with Crippen LogP contribution >= 0.6 is 0 Å². The predicted octanol–water partition coefficient (Wildman–Crippen LogP) is 4.11. The molecule has 0 radical (unpaired) electrons. The first kappa shape index (κ1) is 20.7. The molecule has 2 heterocycles. The molecule has 1 aromatic heterocycles. The molecule has 1 saturated heterocycles. The average Bonchev–Trinajstić information content (AvgIpc) is 3.34. The van der Waals surface area contributed by atoms with E-state index in [0.29, 0.717) is 24.2 Å². The molecular weight excluding hydrogens is 420 g/mol. The largest absolute Gasteiger partial charge is 0.465 e. The molecule has 166 valence electrons. The second-order valence-electron chi connectivity index (χ2n) is 8.05. The van der Waals surface area contributed by atoms with E-state index < -0.39 is 18.2 Å². The van der Waals surface area contributed by atoms with E-state index in [0.717, 1.165) is 16.5 Å². The molecule has 4 aromatic rings. The van der Waals surface area contributed by atoms with E-state index in [1.165, 1.54) is 4.90 Å². The molecule has 1 N–H and O–H groups in total. The van der Waals surface area contributed by atoms with Crippen LogP contribution < -0.4 is 0 Å². The molecule has 0 bridgehead atoms. The van der Waals surface area contributed by atoms with Gasteiger partial charge in [0, 0.05) is 12.5 Å². The molecule has 33 heavy (non-hydrogen) atoms. The van der Waals surface area contributed by atoms with Crippen molar-refractivity contribution < 1.29 is 19.4 Å². The van der Waals surface area contributed by atoms with Gasteiger partial charge >= 0.3 is 12.1 Å². The summed E-state index contributed by atoms with van der Waals surface area (Å²) >= 11 is 0. The summed E-state index contributed by atoms with van der Waals surface area (Å²) in [5.74, 6) is -0.749.